The summed E-state index contributed by atoms with van der Waals surface area (Å²) in [6.07, 6.45) is 5.19. The highest BCUT2D eigenvalue weighted by Crippen LogP contribution is 2.27. The smallest absolute Gasteiger partial charge is 0.226 e. The van der Waals surface area contributed by atoms with E-state index in [0.717, 1.165) is 33.8 Å². The maximum Gasteiger partial charge on any atom is 0.226 e. The summed E-state index contributed by atoms with van der Waals surface area (Å²) in [7, 11) is 2.16. The molecule has 0 bridgehead atoms. The van der Waals surface area contributed by atoms with Crippen molar-refractivity contribution in [3.8, 4) is 34.4 Å². The Balaban J connectivity index is 0.00000308. The molecule has 0 atom stereocenters. The number of benzene rings is 3. The number of hydrogen-bond acceptors (Lipinski definition) is 6. The highest BCUT2D eigenvalue weighted by atomic mass is 35.5. The van der Waals surface area contributed by atoms with Gasteiger partial charge >= 0.3 is 0 Å². The van der Waals surface area contributed by atoms with E-state index in [-0.39, 0.29) is 12.4 Å². The van der Waals surface area contributed by atoms with Crippen molar-refractivity contribution < 1.29 is 30.1 Å². The van der Waals surface area contributed by atoms with Crippen LogP contribution in [0.25, 0.3) is 34.4 Å². The SMILES string of the molecule is C[N+](Cc1coc(-c2ccccc2)n1)(Cc1coc(-c2ccccc2)n1)Cc1coc(-c2ccccc2)n1.[Cl-]. The molecular weight excluding hydrogens is 512 g/mol. The minimum atomic E-state index is 0. The summed E-state index contributed by atoms with van der Waals surface area (Å²) in [5.41, 5.74) is 5.39. The Labute approximate surface area is 232 Å². The maximum atomic E-state index is 5.83. The number of nitrogens with zero attached hydrogens (tertiary/aromatic N) is 4. The monoisotopic (exact) mass is 538 g/mol. The number of hydrogen-bond donors (Lipinski definition) is 0. The number of rotatable bonds is 9. The average molecular weight is 539 g/mol. The quantitative estimate of drug-likeness (QED) is 0.259. The average Bonchev–Trinajstić information content (AvgIpc) is 3.72. The van der Waals surface area contributed by atoms with Gasteiger partial charge in [-0.25, -0.2) is 15.0 Å². The third-order valence-electron chi connectivity index (χ3n) is 6.35. The van der Waals surface area contributed by atoms with E-state index in [1.807, 2.05) is 91.0 Å². The zero-order valence-corrected chi connectivity index (χ0v) is 22.2. The van der Waals surface area contributed by atoms with Crippen LogP contribution >= 0.6 is 0 Å². The van der Waals surface area contributed by atoms with E-state index >= 15 is 0 Å². The Hall–Kier alpha value is -4.46. The van der Waals surface area contributed by atoms with Gasteiger partial charge in [0.15, 0.2) is 0 Å². The fraction of sp³-hybridized carbons (Fsp3) is 0.129. The largest absolute Gasteiger partial charge is 1.00 e. The maximum absolute atomic E-state index is 5.83. The molecule has 0 radical (unpaired) electrons. The van der Waals surface area contributed by atoms with Gasteiger partial charge in [-0.2, -0.15) is 0 Å². The van der Waals surface area contributed by atoms with Gasteiger partial charge in [-0.05, 0) is 36.4 Å². The van der Waals surface area contributed by atoms with Gasteiger partial charge < -0.3 is 30.1 Å². The molecule has 3 aromatic carbocycles. The van der Waals surface area contributed by atoms with Crippen molar-refractivity contribution >= 4 is 0 Å². The van der Waals surface area contributed by atoms with Crippen molar-refractivity contribution in [2.75, 3.05) is 7.05 Å². The molecule has 0 saturated carbocycles. The summed E-state index contributed by atoms with van der Waals surface area (Å²) in [4.78, 5) is 14.4. The second-order valence-electron chi connectivity index (χ2n) is 9.62. The first-order valence-electron chi connectivity index (χ1n) is 12.5. The van der Waals surface area contributed by atoms with E-state index in [9.17, 15) is 0 Å². The van der Waals surface area contributed by atoms with Crippen molar-refractivity contribution in [3.05, 3.63) is 127 Å². The molecule has 0 saturated heterocycles. The van der Waals surface area contributed by atoms with Crippen molar-refractivity contribution in [1.29, 1.82) is 0 Å². The van der Waals surface area contributed by atoms with Gasteiger partial charge in [-0.3, -0.25) is 0 Å². The Morgan fingerprint density at radius 3 is 1.05 bits per heavy atom. The molecule has 3 aromatic heterocycles. The van der Waals surface area contributed by atoms with Crippen molar-refractivity contribution in [1.82, 2.24) is 15.0 Å². The van der Waals surface area contributed by atoms with E-state index in [2.05, 4.69) is 7.05 Å². The van der Waals surface area contributed by atoms with Crippen LogP contribution in [0.5, 0.6) is 0 Å². The molecule has 39 heavy (non-hydrogen) atoms. The summed E-state index contributed by atoms with van der Waals surface area (Å²) in [5, 5.41) is 0. The third-order valence-corrected chi connectivity index (χ3v) is 6.35. The van der Waals surface area contributed by atoms with Gasteiger partial charge in [0, 0.05) is 16.7 Å². The summed E-state index contributed by atoms with van der Waals surface area (Å²) < 4.78 is 18.0. The predicted octanol–water partition coefficient (Wildman–Crippen LogP) is 4.00. The van der Waals surface area contributed by atoms with E-state index in [1.54, 1.807) is 18.8 Å². The fourth-order valence-electron chi connectivity index (χ4n) is 4.62. The molecule has 0 aliphatic carbocycles. The first kappa shape index (κ1) is 26.2. The summed E-state index contributed by atoms with van der Waals surface area (Å²) >= 11 is 0. The van der Waals surface area contributed by atoms with Gasteiger partial charge in [0.1, 0.15) is 55.5 Å². The van der Waals surface area contributed by atoms with Crippen LogP contribution in [-0.2, 0) is 19.6 Å². The van der Waals surface area contributed by atoms with Gasteiger partial charge in [0.2, 0.25) is 17.7 Å². The molecule has 0 aliphatic rings. The first-order chi connectivity index (χ1) is 18.6. The molecule has 0 aliphatic heterocycles. The molecule has 0 amide bonds. The number of aromatic nitrogens is 3. The standard InChI is InChI=1S/C31H27N4O3.ClH/c1-35(17-26-20-36-29(32-26)23-11-5-2-6-12-23,18-27-21-37-30(33-27)24-13-7-3-8-14-24)19-28-22-38-31(34-28)25-15-9-4-10-16-25;/h2-16,20-22H,17-19H2,1H3;1H/q+1;/p-1. The molecule has 0 N–H and O–H groups in total. The van der Waals surface area contributed by atoms with Crippen LogP contribution in [-0.4, -0.2) is 26.5 Å². The molecule has 0 unspecified atom stereocenters. The normalized spacial score (nSPS) is 11.3. The van der Waals surface area contributed by atoms with Crippen LogP contribution in [0.4, 0.5) is 0 Å². The zero-order valence-electron chi connectivity index (χ0n) is 21.4. The van der Waals surface area contributed by atoms with Crippen molar-refractivity contribution in [3.63, 3.8) is 0 Å². The third kappa shape index (κ3) is 6.17. The number of oxazole rings is 3. The number of quaternary nitrogens is 1. The molecular formula is C31H27ClN4O3. The number of halogens is 1. The summed E-state index contributed by atoms with van der Waals surface area (Å²) in [6, 6.07) is 29.7. The molecule has 196 valence electrons. The highest BCUT2D eigenvalue weighted by molar-refractivity contribution is 5.54. The predicted molar refractivity (Wildman–Crippen MR) is 143 cm³/mol. The Kier molecular flexibility index (Phi) is 7.72. The second-order valence-corrected chi connectivity index (χ2v) is 9.62. The van der Waals surface area contributed by atoms with Crippen LogP contribution in [0.3, 0.4) is 0 Å². The van der Waals surface area contributed by atoms with Crippen molar-refractivity contribution in [2.24, 2.45) is 0 Å². The van der Waals surface area contributed by atoms with Crippen LogP contribution in [0, 0.1) is 0 Å². The summed E-state index contributed by atoms with van der Waals surface area (Å²) in [5.74, 6) is 1.81. The lowest BCUT2D eigenvalue weighted by molar-refractivity contribution is -0.949. The zero-order chi connectivity index (χ0) is 25.8. The Morgan fingerprint density at radius 2 is 0.769 bits per heavy atom. The van der Waals surface area contributed by atoms with E-state index in [0.29, 0.717) is 41.8 Å². The van der Waals surface area contributed by atoms with Crippen molar-refractivity contribution in [2.45, 2.75) is 19.6 Å². The van der Waals surface area contributed by atoms with Crippen LogP contribution in [0.15, 0.2) is 123 Å². The second kappa shape index (κ2) is 11.5. The minimum Gasteiger partial charge on any atom is -1.00 e. The lowest BCUT2D eigenvalue weighted by atomic mass is 10.2. The van der Waals surface area contributed by atoms with Crippen LogP contribution in [0.1, 0.15) is 17.1 Å². The van der Waals surface area contributed by atoms with E-state index in [4.69, 9.17) is 28.2 Å². The molecule has 3 heterocycles. The van der Waals surface area contributed by atoms with E-state index < -0.39 is 0 Å². The molecule has 7 nitrogen and oxygen atoms in total. The van der Waals surface area contributed by atoms with Gasteiger partial charge in [-0.15, -0.1) is 0 Å². The van der Waals surface area contributed by atoms with Gasteiger partial charge in [0.25, 0.3) is 0 Å². The van der Waals surface area contributed by atoms with Gasteiger partial charge in [-0.1, -0.05) is 54.6 Å². The van der Waals surface area contributed by atoms with Crippen LogP contribution < -0.4 is 12.4 Å². The molecule has 6 aromatic rings. The first-order valence-corrected chi connectivity index (χ1v) is 12.5. The van der Waals surface area contributed by atoms with E-state index in [1.165, 1.54) is 0 Å². The summed E-state index contributed by atoms with van der Waals surface area (Å²) in [6.45, 7) is 1.83. The fourth-order valence-corrected chi connectivity index (χ4v) is 4.62. The Bertz CT molecular complexity index is 1420. The minimum absolute atomic E-state index is 0. The molecule has 0 spiro atoms. The lowest BCUT2D eigenvalue weighted by Crippen LogP contribution is -3.00. The Morgan fingerprint density at radius 1 is 0.487 bits per heavy atom. The molecule has 6 rings (SSSR count). The van der Waals surface area contributed by atoms with Crippen LogP contribution in [0.2, 0.25) is 0 Å². The highest BCUT2D eigenvalue weighted by Gasteiger charge is 2.29. The van der Waals surface area contributed by atoms with Gasteiger partial charge in [0.05, 0.1) is 7.05 Å². The molecule has 8 heteroatoms. The lowest BCUT2D eigenvalue weighted by Gasteiger charge is -2.32. The molecule has 0 fully saturated rings. The topological polar surface area (TPSA) is 78.1 Å².